The molecule has 2 aromatic carbocycles. The molecule has 5 nitrogen and oxygen atoms in total. The summed E-state index contributed by atoms with van der Waals surface area (Å²) < 4.78 is 0. The van der Waals surface area contributed by atoms with Crippen LogP contribution in [0.25, 0.3) is 0 Å². The van der Waals surface area contributed by atoms with E-state index in [0.717, 1.165) is 0 Å². The van der Waals surface area contributed by atoms with Crippen molar-refractivity contribution in [1.82, 2.24) is 0 Å². The molecule has 2 aromatic rings. The molecule has 0 saturated carbocycles. The minimum atomic E-state index is -0.389. The van der Waals surface area contributed by atoms with Crippen molar-refractivity contribution in [1.29, 1.82) is 5.26 Å². The SMILES string of the molecule is N#CCC(=O)Nc1ccc(NC(=O)c2ccc(Cl)c(Cl)c2)cc1. The Kier molecular flexibility index (Phi) is 5.58. The molecule has 2 N–H and O–H groups in total. The first-order chi connectivity index (χ1) is 11.0. The lowest BCUT2D eigenvalue weighted by Crippen LogP contribution is -2.12. The Morgan fingerprint density at radius 3 is 2.13 bits per heavy atom. The summed E-state index contributed by atoms with van der Waals surface area (Å²) in [4.78, 5) is 23.4. The zero-order valence-electron chi connectivity index (χ0n) is 11.8. The second-order valence-electron chi connectivity index (χ2n) is 4.54. The second kappa shape index (κ2) is 7.63. The first-order valence-corrected chi connectivity index (χ1v) is 7.28. The number of carbonyl (C=O) groups excluding carboxylic acids is 2. The maximum Gasteiger partial charge on any atom is 0.255 e. The minimum absolute atomic E-state index is 0.212. The van der Waals surface area contributed by atoms with Crippen LogP contribution in [0.1, 0.15) is 16.8 Å². The van der Waals surface area contributed by atoms with E-state index >= 15 is 0 Å². The first kappa shape index (κ1) is 16.8. The highest BCUT2D eigenvalue weighted by atomic mass is 35.5. The van der Waals surface area contributed by atoms with Gasteiger partial charge in [-0.25, -0.2) is 0 Å². The number of halogens is 2. The van der Waals surface area contributed by atoms with Crippen LogP contribution in [0.4, 0.5) is 11.4 Å². The summed E-state index contributed by atoms with van der Waals surface area (Å²) in [5, 5.41) is 14.4. The van der Waals surface area contributed by atoms with Crippen molar-refractivity contribution in [3.8, 4) is 6.07 Å². The molecule has 0 aliphatic carbocycles. The summed E-state index contributed by atoms with van der Waals surface area (Å²) in [5.41, 5.74) is 1.47. The fraction of sp³-hybridized carbons (Fsp3) is 0.0625. The third kappa shape index (κ3) is 4.71. The van der Waals surface area contributed by atoms with Crippen LogP contribution in [-0.2, 0) is 4.79 Å². The molecule has 0 aliphatic rings. The number of nitrogens with zero attached hydrogens (tertiary/aromatic N) is 1. The highest BCUT2D eigenvalue weighted by Gasteiger charge is 2.09. The number of carbonyl (C=O) groups is 2. The quantitative estimate of drug-likeness (QED) is 0.873. The number of nitriles is 1. The third-order valence-corrected chi connectivity index (χ3v) is 3.59. The van der Waals surface area contributed by atoms with E-state index in [9.17, 15) is 9.59 Å². The molecule has 23 heavy (non-hydrogen) atoms. The topological polar surface area (TPSA) is 82.0 Å². The molecule has 2 amide bonds. The van der Waals surface area contributed by atoms with Crippen molar-refractivity contribution in [2.24, 2.45) is 0 Å². The summed E-state index contributed by atoms with van der Waals surface area (Å²) in [5.74, 6) is -0.718. The van der Waals surface area contributed by atoms with Gasteiger partial charge in [0.1, 0.15) is 6.42 Å². The van der Waals surface area contributed by atoms with Gasteiger partial charge in [-0.2, -0.15) is 5.26 Å². The molecule has 0 fully saturated rings. The van der Waals surface area contributed by atoms with Crippen molar-refractivity contribution in [2.75, 3.05) is 10.6 Å². The largest absolute Gasteiger partial charge is 0.325 e. The number of hydrogen-bond acceptors (Lipinski definition) is 3. The Morgan fingerprint density at radius 1 is 0.957 bits per heavy atom. The first-order valence-electron chi connectivity index (χ1n) is 6.53. The van der Waals surface area contributed by atoms with E-state index in [1.807, 2.05) is 0 Å². The van der Waals surface area contributed by atoms with Crippen LogP contribution in [0.5, 0.6) is 0 Å². The molecule has 0 aliphatic heterocycles. The highest BCUT2D eigenvalue weighted by Crippen LogP contribution is 2.23. The maximum absolute atomic E-state index is 12.1. The molecule has 0 saturated heterocycles. The number of anilines is 2. The molecule has 116 valence electrons. The Labute approximate surface area is 142 Å². The molecular formula is C16H11Cl2N3O2. The van der Waals surface area contributed by atoms with E-state index in [0.29, 0.717) is 27.0 Å². The minimum Gasteiger partial charge on any atom is -0.325 e. The fourth-order valence-corrected chi connectivity index (χ4v) is 2.05. The Balaban J connectivity index is 2.03. The molecule has 0 radical (unpaired) electrons. The van der Waals surface area contributed by atoms with Gasteiger partial charge in [-0.3, -0.25) is 9.59 Å². The fourth-order valence-electron chi connectivity index (χ4n) is 1.75. The van der Waals surface area contributed by atoms with Crippen LogP contribution >= 0.6 is 23.2 Å². The summed E-state index contributed by atoms with van der Waals surface area (Å²) in [6.07, 6.45) is -0.212. The van der Waals surface area contributed by atoms with E-state index < -0.39 is 0 Å². The number of rotatable bonds is 4. The van der Waals surface area contributed by atoms with Gasteiger partial charge in [0.05, 0.1) is 16.1 Å². The van der Waals surface area contributed by atoms with E-state index in [-0.39, 0.29) is 18.2 Å². The number of hydrogen-bond donors (Lipinski definition) is 2. The van der Waals surface area contributed by atoms with Gasteiger partial charge < -0.3 is 10.6 Å². The van der Waals surface area contributed by atoms with Crippen molar-refractivity contribution in [3.63, 3.8) is 0 Å². The van der Waals surface area contributed by atoms with E-state index in [4.69, 9.17) is 28.5 Å². The lowest BCUT2D eigenvalue weighted by atomic mass is 10.2. The number of nitrogens with one attached hydrogen (secondary N) is 2. The highest BCUT2D eigenvalue weighted by molar-refractivity contribution is 6.42. The molecule has 0 heterocycles. The van der Waals surface area contributed by atoms with Crippen molar-refractivity contribution in [3.05, 3.63) is 58.1 Å². The van der Waals surface area contributed by atoms with Crippen LogP contribution in [0, 0.1) is 11.3 Å². The monoisotopic (exact) mass is 347 g/mol. The average molecular weight is 348 g/mol. The van der Waals surface area contributed by atoms with Gasteiger partial charge in [0.25, 0.3) is 5.91 Å². The van der Waals surface area contributed by atoms with E-state index in [1.165, 1.54) is 6.07 Å². The maximum atomic E-state index is 12.1. The molecule has 0 unspecified atom stereocenters. The molecule has 2 rings (SSSR count). The van der Waals surface area contributed by atoms with Crippen LogP contribution in [0.2, 0.25) is 10.0 Å². The van der Waals surface area contributed by atoms with E-state index in [2.05, 4.69) is 10.6 Å². The van der Waals surface area contributed by atoms with Crippen LogP contribution < -0.4 is 10.6 Å². The number of amides is 2. The predicted octanol–water partition coefficient (Wildman–Crippen LogP) is 4.10. The Bertz CT molecular complexity index is 783. The second-order valence-corrected chi connectivity index (χ2v) is 5.36. The molecule has 0 bridgehead atoms. The Morgan fingerprint density at radius 2 is 1.57 bits per heavy atom. The summed E-state index contributed by atoms with van der Waals surface area (Å²) in [7, 11) is 0. The smallest absolute Gasteiger partial charge is 0.255 e. The molecule has 0 atom stereocenters. The van der Waals surface area contributed by atoms with Gasteiger partial charge in [0.15, 0.2) is 0 Å². The van der Waals surface area contributed by atoms with Gasteiger partial charge in [-0.15, -0.1) is 0 Å². The average Bonchev–Trinajstić information content (AvgIpc) is 2.52. The van der Waals surface area contributed by atoms with Crippen molar-refractivity contribution in [2.45, 2.75) is 6.42 Å². The lowest BCUT2D eigenvalue weighted by Gasteiger charge is -2.08. The van der Waals surface area contributed by atoms with Crippen molar-refractivity contribution < 1.29 is 9.59 Å². The zero-order chi connectivity index (χ0) is 16.8. The number of benzene rings is 2. The molecule has 0 aromatic heterocycles. The summed E-state index contributed by atoms with van der Waals surface area (Å²) in [6.45, 7) is 0. The third-order valence-electron chi connectivity index (χ3n) is 2.85. The van der Waals surface area contributed by atoms with Gasteiger partial charge >= 0.3 is 0 Å². The lowest BCUT2D eigenvalue weighted by molar-refractivity contribution is -0.115. The summed E-state index contributed by atoms with van der Waals surface area (Å²) in [6, 6.07) is 12.9. The zero-order valence-corrected chi connectivity index (χ0v) is 13.3. The Hall–Kier alpha value is -2.55. The molecular weight excluding hydrogens is 337 g/mol. The van der Waals surface area contributed by atoms with E-state index in [1.54, 1.807) is 42.5 Å². The van der Waals surface area contributed by atoms with Crippen molar-refractivity contribution >= 4 is 46.4 Å². The van der Waals surface area contributed by atoms with Crippen LogP contribution in [0.15, 0.2) is 42.5 Å². The van der Waals surface area contributed by atoms with Crippen LogP contribution in [0.3, 0.4) is 0 Å². The van der Waals surface area contributed by atoms with Gasteiger partial charge in [0.2, 0.25) is 5.91 Å². The predicted molar refractivity (Wildman–Crippen MR) is 89.7 cm³/mol. The molecule has 0 spiro atoms. The normalized spacial score (nSPS) is 9.78. The van der Waals surface area contributed by atoms with Crippen LogP contribution in [-0.4, -0.2) is 11.8 Å². The summed E-state index contributed by atoms with van der Waals surface area (Å²) >= 11 is 11.7. The standard InChI is InChI=1S/C16H11Cl2N3O2/c17-13-6-1-10(9-14(13)18)16(23)21-12-4-2-11(3-5-12)20-15(22)7-8-19/h1-6,9H,7H2,(H,20,22)(H,21,23). The van der Waals surface area contributed by atoms with Gasteiger partial charge in [0, 0.05) is 16.9 Å². The van der Waals surface area contributed by atoms with Gasteiger partial charge in [-0.05, 0) is 42.5 Å². The van der Waals surface area contributed by atoms with Gasteiger partial charge in [-0.1, -0.05) is 23.2 Å². The molecule has 7 heteroatoms.